The summed E-state index contributed by atoms with van der Waals surface area (Å²) >= 11 is 6.63. The summed E-state index contributed by atoms with van der Waals surface area (Å²) in [5, 5.41) is 2.75. The van der Waals surface area contributed by atoms with E-state index in [1.807, 2.05) is 18.9 Å². The number of hydrogen-bond acceptors (Lipinski definition) is 3. The summed E-state index contributed by atoms with van der Waals surface area (Å²) < 4.78 is 5.42. The number of piperidine rings is 1. The molecule has 3 nitrogen and oxygen atoms in total. The van der Waals surface area contributed by atoms with Gasteiger partial charge in [0.2, 0.25) is 5.76 Å². The fraction of sp³-hybridized carbons (Fsp3) is 0.478. The average molecular weight is 386 g/mol. The molecule has 0 aromatic heterocycles. The molecule has 144 valence electrons. The number of benzene rings is 1. The predicted octanol–water partition coefficient (Wildman–Crippen LogP) is 3.39. The topological polar surface area (TPSA) is 29.5 Å². The third-order valence-corrected chi connectivity index (χ3v) is 5.89. The summed E-state index contributed by atoms with van der Waals surface area (Å²) in [5.74, 6) is 2.39. The Morgan fingerprint density at radius 1 is 1.26 bits per heavy atom. The first kappa shape index (κ1) is 19.9. The Balaban J connectivity index is 2.03. The lowest BCUT2D eigenvalue weighted by molar-refractivity contribution is 0.0987. The van der Waals surface area contributed by atoms with Crippen molar-refractivity contribution in [2.24, 2.45) is 5.92 Å². The van der Waals surface area contributed by atoms with Gasteiger partial charge in [-0.15, -0.1) is 0 Å². The van der Waals surface area contributed by atoms with Crippen LogP contribution in [0.1, 0.15) is 40.5 Å². The van der Waals surface area contributed by atoms with Gasteiger partial charge in [0.05, 0.1) is 6.61 Å². The second-order valence-electron chi connectivity index (χ2n) is 8.17. The fourth-order valence-electron chi connectivity index (χ4n) is 4.11. The van der Waals surface area contributed by atoms with Crippen LogP contribution in [0.15, 0.2) is 40.6 Å². The molecule has 3 rings (SSSR count). The van der Waals surface area contributed by atoms with Crippen LogP contribution >= 0.6 is 11.6 Å². The molecule has 1 aliphatic heterocycles. The van der Waals surface area contributed by atoms with Crippen LogP contribution in [0.5, 0.6) is 0 Å². The standard InChI is InChI=1S/C23H28ClNO2/c1-5-27-20(15-26)22(24)19-14-17-8-6-7-9-18(17)21(19)16-10-12-25(13-11-16)23(2,3)4/h6-9,14,16H,5,10-13H2,1-4H3/b22-19-. The zero-order valence-electron chi connectivity index (χ0n) is 16.6. The number of allylic oxidation sites excluding steroid dienone is 2. The number of likely N-dealkylation sites (tertiary alicyclic amines) is 1. The maximum atomic E-state index is 11.4. The molecule has 1 aliphatic carbocycles. The molecule has 0 spiro atoms. The van der Waals surface area contributed by atoms with E-state index in [0.717, 1.165) is 36.7 Å². The summed E-state index contributed by atoms with van der Waals surface area (Å²) in [6.45, 7) is 11.2. The fourth-order valence-corrected chi connectivity index (χ4v) is 4.36. The van der Waals surface area contributed by atoms with Crippen molar-refractivity contribution >= 4 is 29.2 Å². The molecule has 0 unspecified atom stereocenters. The number of halogens is 1. The zero-order valence-corrected chi connectivity index (χ0v) is 17.4. The third kappa shape index (κ3) is 4.06. The highest BCUT2D eigenvalue weighted by Gasteiger charge is 2.31. The van der Waals surface area contributed by atoms with E-state index >= 15 is 0 Å². The van der Waals surface area contributed by atoms with Crippen molar-refractivity contribution in [1.82, 2.24) is 4.90 Å². The Morgan fingerprint density at radius 2 is 1.93 bits per heavy atom. The summed E-state index contributed by atoms with van der Waals surface area (Å²) in [6.07, 6.45) is 4.24. The van der Waals surface area contributed by atoms with Crippen molar-refractivity contribution in [2.75, 3.05) is 19.7 Å². The minimum atomic E-state index is 0.0999. The summed E-state index contributed by atoms with van der Waals surface area (Å²) in [7, 11) is 0. The smallest absolute Gasteiger partial charge is 0.223 e. The highest BCUT2D eigenvalue weighted by atomic mass is 35.5. The van der Waals surface area contributed by atoms with E-state index < -0.39 is 0 Å². The summed E-state index contributed by atoms with van der Waals surface area (Å²) in [5.41, 5.74) is 2.35. The Hall–Kier alpha value is -1.80. The van der Waals surface area contributed by atoms with E-state index in [4.69, 9.17) is 16.3 Å². The first-order valence-electron chi connectivity index (χ1n) is 9.71. The number of ether oxygens (including phenoxy) is 1. The van der Waals surface area contributed by atoms with Crippen LogP contribution in [-0.4, -0.2) is 36.1 Å². The number of hydrogen-bond donors (Lipinski definition) is 0. The molecule has 1 fully saturated rings. The Bertz CT molecular complexity index is 908. The quantitative estimate of drug-likeness (QED) is 0.587. The lowest BCUT2D eigenvalue weighted by atomic mass is 9.84. The van der Waals surface area contributed by atoms with Gasteiger partial charge in [0.25, 0.3) is 0 Å². The minimum Gasteiger partial charge on any atom is -0.483 e. The first-order chi connectivity index (χ1) is 12.9. The molecule has 0 amide bonds. The maximum absolute atomic E-state index is 11.4. The predicted molar refractivity (Wildman–Crippen MR) is 111 cm³/mol. The van der Waals surface area contributed by atoms with E-state index in [0.29, 0.717) is 17.6 Å². The van der Waals surface area contributed by atoms with Crippen molar-refractivity contribution < 1.29 is 9.53 Å². The van der Waals surface area contributed by atoms with Crippen LogP contribution < -0.4 is 10.4 Å². The third-order valence-electron chi connectivity index (χ3n) is 5.51. The van der Waals surface area contributed by atoms with E-state index in [9.17, 15) is 4.79 Å². The van der Waals surface area contributed by atoms with E-state index in [-0.39, 0.29) is 11.3 Å². The Kier molecular flexibility index (Phi) is 5.95. The minimum absolute atomic E-state index is 0.0999. The molecule has 0 radical (unpaired) electrons. The van der Waals surface area contributed by atoms with Crippen molar-refractivity contribution in [1.29, 1.82) is 0 Å². The van der Waals surface area contributed by atoms with Crippen LogP contribution in [0.25, 0.3) is 11.6 Å². The molecule has 2 aliphatic rings. The van der Waals surface area contributed by atoms with Gasteiger partial charge in [0, 0.05) is 11.1 Å². The molecule has 0 bridgehead atoms. The lowest BCUT2D eigenvalue weighted by Gasteiger charge is -2.41. The average Bonchev–Trinajstić information content (AvgIpc) is 3.04. The van der Waals surface area contributed by atoms with Gasteiger partial charge in [-0.25, -0.2) is 4.79 Å². The van der Waals surface area contributed by atoms with Crippen molar-refractivity contribution in [3.05, 3.63) is 51.1 Å². The molecule has 1 aromatic rings. The van der Waals surface area contributed by atoms with Crippen molar-refractivity contribution in [2.45, 2.75) is 46.1 Å². The Morgan fingerprint density at radius 3 is 2.52 bits per heavy atom. The molecule has 1 aromatic carbocycles. The SMILES string of the molecule is CCOC(=C=O)/C(Cl)=C1\C=c2ccccc2=C1C1CCN(C(C)(C)C)CC1. The zero-order chi connectivity index (χ0) is 19.6. The van der Waals surface area contributed by atoms with Gasteiger partial charge in [-0.3, -0.25) is 4.90 Å². The number of nitrogens with zero attached hydrogens (tertiary/aromatic N) is 1. The molecular weight excluding hydrogens is 358 g/mol. The monoisotopic (exact) mass is 385 g/mol. The number of carbonyl (C=O) groups excluding carboxylic acids is 1. The van der Waals surface area contributed by atoms with Gasteiger partial charge < -0.3 is 4.74 Å². The molecule has 1 saturated heterocycles. The molecule has 4 heteroatoms. The van der Waals surface area contributed by atoms with Gasteiger partial charge >= 0.3 is 0 Å². The van der Waals surface area contributed by atoms with Crippen LogP contribution in [0.4, 0.5) is 0 Å². The normalized spacial score (nSPS) is 20.0. The van der Waals surface area contributed by atoms with Gasteiger partial charge in [0.1, 0.15) is 5.03 Å². The molecule has 1 heterocycles. The van der Waals surface area contributed by atoms with E-state index in [1.54, 1.807) is 0 Å². The van der Waals surface area contributed by atoms with Crippen LogP contribution in [-0.2, 0) is 9.53 Å². The maximum Gasteiger partial charge on any atom is 0.223 e. The summed E-state index contributed by atoms with van der Waals surface area (Å²) in [6, 6.07) is 8.35. The molecular formula is C23H28ClNO2. The molecule has 0 N–H and O–H groups in total. The van der Waals surface area contributed by atoms with Crippen LogP contribution in [0.2, 0.25) is 0 Å². The Labute approximate surface area is 166 Å². The molecule has 27 heavy (non-hydrogen) atoms. The van der Waals surface area contributed by atoms with Gasteiger partial charge in [-0.1, -0.05) is 35.9 Å². The molecule has 0 atom stereocenters. The van der Waals surface area contributed by atoms with E-state index in [1.165, 1.54) is 10.8 Å². The first-order valence-corrected chi connectivity index (χ1v) is 10.1. The molecule has 0 saturated carbocycles. The van der Waals surface area contributed by atoms with Gasteiger partial charge in [-0.2, -0.15) is 0 Å². The van der Waals surface area contributed by atoms with Crippen molar-refractivity contribution in [3.8, 4) is 0 Å². The van der Waals surface area contributed by atoms with Crippen molar-refractivity contribution in [3.63, 3.8) is 0 Å². The number of fused-ring (bicyclic) bond motifs is 1. The lowest BCUT2D eigenvalue weighted by Crippen LogP contribution is -2.46. The van der Waals surface area contributed by atoms with Gasteiger partial charge in [-0.05, 0) is 81.6 Å². The highest BCUT2D eigenvalue weighted by Crippen LogP contribution is 2.37. The van der Waals surface area contributed by atoms with Crippen LogP contribution in [0, 0.1) is 5.92 Å². The largest absolute Gasteiger partial charge is 0.483 e. The highest BCUT2D eigenvalue weighted by molar-refractivity contribution is 6.34. The van der Waals surface area contributed by atoms with Crippen LogP contribution in [0.3, 0.4) is 0 Å². The second-order valence-corrected chi connectivity index (χ2v) is 8.55. The number of rotatable bonds is 4. The van der Waals surface area contributed by atoms with E-state index in [2.05, 4.69) is 49.9 Å². The second kappa shape index (κ2) is 8.06. The summed E-state index contributed by atoms with van der Waals surface area (Å²) in [4.78, 5) is 13.9. The van der Waals surface area contributed by atoms with Gasteiger partial charge in [0.15, 0.2) is 5.94 Å².